The van der Waals surface area contributed by atoms with E-state index in [2.05, 4.69) is 15.4 Å². The minimum absolute atomic E-state index is 0.0436. The van der Waals surface area contributed by atoms with Gasteiger partial charge in [0, 0.05) is 19.5 Å². The first-order valence-corrected chi connectivity index (χ1v) is 15.8. The summed E-state index contributed by atoms with van der Waals surface area (Å²) in [5.41, 5.74) is -0.904. The third kappa shape index (κ3) is 6.28. The van der Waals surface area contributed by atoms with Crippen molar-refractivity contribution in [1.82, 2.24) is 14.9 Å². The summed E-state index contributed by atoms with van der Waals surface area (Å²) < 4.78 is 32.9. The van der Waals surface area contributed by atoms with Crippen molar-refractivity contribution < 1.29 is 32.3 Å². The van der Waals surface area contributed by atoms with E-state index < -0.39 is 56.7 Å². The maximum Gasteiger partial charge on any atom is 0.411 e. The Morgan fingerprint density at radius 1 is 1.14 bits per heavy atom. The largest absolute Gasteiger partial charge is 0.446 e. The summed E-state index contributed by atoms with van der Waals surface area (Å²) >= 11 is 0. The Kier molecular flexibility index (Phi) is 8.28. The van der Waals surface area contributed by atoms with Crippen LogP contribution in [0.25, 0.3) is 0 Å². The molecule has 4 amide bonds. The van der Waals surface area contributed by atoms with Crippen LogP contribution >= 0.6 is 0 Å². The zero-order valence-corrected chi connectivity index (χ0v) is 24.2. The molecule has 1 aromatic carbocycles. The van der Waals surface area contributed by atoms with E-state index in [-0.39, 0.29) is 42.3 Å². The fourth-order valence-electron chi connectivity index (χ4n) is 5.87. The van der Waals surface area contributed by atoms with Crippen LogP contribution in [0.4, 0.5) is 10.5 Å². The second kappa shape index (κ2) is 11.8. The number of nitrogens with one attached hydrogen (secondary N) is 3. The van der Waals surface area contributed by atoms with E-state index in [1.165, 1.54) is 0 Å². The smallest absolute Gasteiger partial charge is 0.411 e. The summed E-state index contributed by atoms with van der Waals surface area (Å²) in [6.07, 6.45) is 5.83. The standard InChI is InChI=1S/C29H35N5O7S/c1-34-13-7-3-2-4-9-19-16-29(19,27(37)33-42(39,40)21-11-12-21)32-25(35)22-14-20(15-23(22)26(34)36)41-28(38)31-24-10-6-5-8-18(24)17-30/h4-6,8-10,19-23H,2-3,7,11-16H2,1H3,(H,31,38)(H,32,35)(H,33,37). The van der Waals surface area contributed by atoms with Crippen LogP contribution in [0, 0.1) is 29.1 Å². The van der Waals surface area contributed by atoms with Gasteiger partial charge in [-0.25, -0.2) is 13.2 Å². The van der Waals surface area contributed by atoms with Gasteiger partial charge in [0.15, 0.2) is 0 Å². The maximum atomic E-state index is 13.8. The molecule has 5 atom stereocenters. The van der Waals surface area contributed by atoms with Gasteiger partial charge in [0.1, 0.15) is 17.7 Å². The maximum absolute atomic E-state index is 13.8. The zero-order chi connectivity index (χ0) is 30.1. The summed E-state index contributed by atoms with van der Waals surface area (Å²) in [5, 5.41) is 14.1. The van der Waals surface area contributed by atoms with Crippen LogP contribution in [-0.2, 0) is 29.1 Å². The predicted octanol–water partition coefficient (Wildman–Crippen LogP) is 2.18. The van der Waals surface area contributed by atoms with Crippen LogP contribution in [0.15, 0.2) is 36.4 Å². The first kappa shape index (κ1) is 29.6. The van der Waals surface area contributed by atoms with Gasteiger partial charge < -0.3 is 15.0 Å². The van der Waals surface area contributed by atoms with Crippen molar-refractivity contribution in [2.45, 2.75) is 68.3 Å². The van der Waals surface area contributed by atoms with E-state index in [0.717, 1.165) is 19.3 Å². The lowest BCUT2D eigenvalue weighted by Gasteiger charge is -2.26. The third-order valence-corrected chi connectivity index (χ3v) is 10.4. The number of rotatable bonds is 5. The Balaban J connectivity index is 1.35. The first-order valence-electron chi connectivity index (χ1n) is 14.3. The molecule has 13 heteroatoms. The van der Waals surface area contributed by atoms with Crippen LogP contribution in [0.3, 0.4) is 0 Å². The van der Waals surface area contributed by atoms with Gasteiger partial charge in [0.2, 0.25) is 21.8 Å². The minimum Gasteiger partial charge on any atom is -0.446 e. The van der Waals surface area contributed by atoms with Gasteiger partial charge in [-0.2, -0.15) is 5.26 Å². The van der Waals surface area contributed by atoms with Crippen molar-refractivity contribution in [3.05, 3.63) is 42.0 Å². The molecule has 224 valence electrons. The van der Waals surface area contributed by atoms with E-state index in [1.54, 1.807) is 36.2 Å². The molecule has 3 N–H and O–H groups in total. The SMILES string of the molecule is CN1CCCCC=CC2CC2(C(=O)NS(=O)(=O)C2CC2)NC(=O)C2CC(OC(=O)Nc3ccccc3C#N)CC2C1=O. The van der Waals surface area contributed by atoms with Gasteiger partial charge in [-0.15, -0.1) is 0 Å². The van der Waals surface area contributed by atoms with Crippen LogP contribution in [0.1, 0.15) is 56.9 Å². The summed E-state index contributed by atoms with van der Waals surface area (Å²) in [5.74, 6) is -3.67. The van der Waals surface area contributed by atoms with Gasteiger partial charge in [-0.1, -0.05) is 24.3 Å². The lowest BCUT2D eigenvalue weighted by Crippen LogP contribution is -2.54. The zero-order valence-electron chi connectivity index (χ0n) is 23.4. The van der Waals surface area contributed by atoms with E-state index in [1.807, 2.05) is 18.2 Å². The van der Waals surface area contributed by atoms with Crippen molar-refractivity contribution >= 4 is 39.5 Å². The highest BCUT2D eigenvalue weighted by Gasteiger charge is 2.62. The number of carbonyl (C=O) groups excluding carboxylic acids is 4. The highest BCUT2D eigenvalue weighted by atomic mass is 32.2. The Bertz CT molecular complexity index is 1450. The molecule has 1 aliphatic heterocycles. The van der Waals surface area contributed by atoms with Crippen molar-refractivity contribution in [2.75, 3.05) is 18.9 Å². The molecule has 1 heterocycles. The normalized spacial score (nSPS) is 29.7. The van der Waals surface area contributed by atoms with Gasteiger partial charge in [-0.3, -0.25) is 24.4 Å². The van der Waals surface area contributed by atoms with E-state index in [9.17, 15) is 32.9 Å². The molecule has 3 saturated carbocycles. The minimum atomic E-state index is -3.83. The molecule has 3 aliphatic carbocycles. The second-order valence-corrected chi connectivity index (χ2v) is 13.6. The summed E-state index contributed by atoms with van der Waals surface area (Å²) in [6.45, 7) is 0.503. The molecule has 0 radical (unpaired) electrons. The van der Waals surface area contributed by atoms with Crippen molar-refractivity contribution in [1.29, 1.82) is 5.26 Å². The number of allylic oxidation sites excluding steroid dienone is 1. The monoisotopic (exact) mass is 597 g/mol. The van der Waals surface area contributed by atoms with Gasteiger partial charge in [-0.05, 0) is 63.5 Å². The molecule has 0 saturated heterocycles. The van der Waals surface area contributed by atoms with Crippen LogP contribution < -0.4 is 15.4 Å². The first-order chi connectivity index (χ1) is 20.0. The Hall–Kier alpha value is -3.92. The second-order valence-electron chi connectivity index (χ2n) is 11.6. The number of anilines is 1. The molecule has 0 spiro atoms. The predicted molar refractivity (Wildman–Crippen MR) is 151 cm³/mol. The fraction of sp³-hybridized carbons (Fsp3) is 0.552. The fourth-order valence-corrected chi connectivity index (χ4v) is 7.24. The molecule has 1 aromatic rings. The van der Waals surface area contributed by atoms with E-state index in [0.29, 0.717) is 19.4 Å². The molecule has 3 fully saturated rings. The molecular weight excluding hydrogens is 562 g/mol. The van der Waals surface area contributed by atoms with Crippen LogP contribution in [-0.4, -0.2) is 67.6 Å². The lowest BCUT2D eigenvalue weighted by molar-refractivity contribution is -0.140. The Labute approximate surface area is 244 Å². The molecule has 12 nitrogen and oxygen atoms in total. The number of fused-ring (bicyclic) bond motifs is 2. The molecular formula is C29H35N5O7S. The van der Waals surface area contributed by atoms with Crippen LogP contribution in [0.2, 0.25) is 0 Å². The van der Waals surface area contributed by atoms with Gasteiger partial charge >= 0.3 is 6.09 Å². The number of nitrogens with zero attached hydrogens (tertiary/aromatic N) is 2. The number of hydrogen-bond donors (Lipinski definition) is 3. The third-order valence-electron chi connectivity index (χ3n) is 8.55. The molecule has 0 aromatic heterocycles. The topological polar surface area (TPSA) is 175 Å². The average Bonchev–Trinajstić information content (AvgIpc) is 3.87. The number of hydrogen-bond acceptors (Lipinski definition) is 8. The summed E-state index contributed by atoms with van der Waals surface area (Å²) in [7, 11) is -2.16. The highest BCUT2D eigenvalue weighted by molar-refractivity contribution is 7.91. The van der Waals surface area contributed by atoms with Gasteiger partial charge in [0.25, 0.3) is 5.91 Å². The van der Waals surface area contributed by atoms with Crippen LogP contribution in [0.5, 0.6) is 0 Å². The number of nitriles is 1. The van der Waals surface area contributed by atoms with E-state index in [4.69, 9.17) is 4.74 Å². The van der Waals surface area contributed by atoms with Crippen molar-refractivity contribution in [3.8, 4) is 6.07 Å². The molecule has 4 aliphatic rings. The van der Waals surface area contributed by atoms with Crippen molar-refractivity contribution in [3.63, 3.8) is 0 Å². The highest BCUT2D eigenvalue weighted by Crippen LogP contribution is 2.47. The summed E-state index contributed by atoms with van der Waals surface area (Å²) in [6, 6.07) is 8.43. The summed E-state index contributed by atoms with van der Waals surface area (Å²) in [4.78, 5) is 54.9. The number of carbonyl (C=O) groups is 4. The molecule has 0 bridgehead atoms. The Morgan fingerprint density at radius 2 is 1.88 bits per heavy atom. The number of ether oxygens (including phenoxy) is 1. The number of benzene rings is 1. The van der Waals surface area contributed by atoms with E-state index >= 15 is 0 Å². The van der Waals surface area contributed by atoms with Gasteiger partial charge in [0.05, 0.1) is 28.3 Å². The molecule has 5 unspecified atom stereocenters. The van der Waals surface area contributed by atoms with Crippen molar-refractivity contribution in [2.24, 2.45) is 17.8 Å². The number of amides is 4. The number of para-hydroxylation sites is 1. The molecule has 5 rings (SSSR count). The average molecular weight is 598 g/mol. The number of sulfonamides is 1. The quantitative estimate of drug-likeness (QED) is 0.433. The lowest BCUT2D eigenvalue weighted by atomic mass is 9.93. The molecule has 42 heavy (non-hydrogen) atoms. The Morgan fingerprint density at radius 3 is 2.62 bits per heavy atom.